The van der Waals surface area contributed by atoms with Gasteiger partial charge in [-0.25, -0.2) is 4.98 Å². The molecule has 4 aromatic rings. The second kappa shape index (κ2) is 7.23. The molecule has 0 aliphatic rings. The van der Waals surface area contributed by atoms with E-state index in [1.165, 1.54) is 0 Å². The molecule has 0 fully saturated rings. The molecule has 6 heteroatoms. The summed E-state index contributed by atoms with van der Waals surface area (Å²) in [4.78, 5) is 8.64. The Balaban J connectivity index is 1.45. The number of nitrogens with zero attached hydrogens (tertiary/aromatic N) is 4. The number of hydrogen-bond acceptors (Lipinski definition) is 5. The van der Waals surface area contributed by atoms with E-state index in [2.05, 4.69) is 15.1 Å². The van der Waals surface area contributed by atoms with Crippen LogP contribution in [0.2, 0.25) is 0 Å². The molecular formula is C20H18N4O2. The molecule has 0 spiro atoms. The first-order valence-electron chi connectivity index (χ1n) is 8.46. The third-order valence-electron chi connectivity index (χ3n) is 3.97. The zero-order valence-electron chi connectivity index (χ0n) is 14.4. The highest BCUT2D eigenvalue weighted by atomic mass is 16.5. The highest BCUT2D eigenvalue weighted by Gasteiger charge is 2.11. The minimum absolute atomic E-state index is 0.434. The number of aryl methyl sites for hydroxylation is 1. The quantitative estimate of drug-likeness (QED) is 0.527. The number of benzene rings is 2. The Morgan fingerprint density at radius 2 is 1.85 bits per heavy atom. The van der Waals surface area contributed by atoms with Crippen molar-refractivity contribution in [3.05, 3.63) is 78.5 Å². The van der Waals surface area contributed by atoms with Gasteiger partial charge in [0.15, 0.2) is 5.82 Å². The van der Waals surface area contributed by atoms with Crippen LogP contribution in [0, 0.1) is 0 Å². The van der Waals surface area contributed by atoms with E-state index in [0.29, 0.717) is 24.0 Å². The summed E-state index contributed by atoms with van der Waals surface area (Å²) in [5.41, 5.74) is 2.77. The molecule has 0 N–H and O–H groups in total. The standard InChI is InChI=1S/C20H18N4O2/c1-2-19-22-20(26-23-19)18-12-24(14-21-18)16-8-10-17(11-9-16)25-13-15-6-4-3-5-7-15/h3-12,14H,2,13H2,1H3. The Morgan fingerprint density at radius 3 is 2.58 bits per heavy atom. The van der Waals surface area contributed by atoms with E-state index in [1.807, 2.05) is 72.3 Å². The van der Waals surface area contributed by atoms with E-state index in [9.17, 15) is 0 Å². The fraction of sp³-hybridized carbons (Fsp3) is 0.150. The normalized spacial score (nSPS) is 10.8. The van der Waals surface area contributed by atoms with Crippen LogP contribution in [0.5, 0.6) is 5.75 Å². The van der Waals surface area contributed by atoms with E-state index in [0.717, 1.165) is 23.4 Å². The lowest BCUT2D eigenvalue weighted by Crippen LogP contribution is -1.95. The molecule has 0 unspecified atom stereocenters. The summed E-state index contributed by atoms with van der Waals surface area (Å²) >= 11 is 0. The first kappa shape index (κ1) is 16.1. The number of aromatic nitrogens is 4. The van der Waals surface area contributed by atoms with Gasteiger partial charge in [0.25, 0.3) is 5.89 Å². The van der Waals surface area contributed by atoms with Crippen molar-refractivity contribution < 1.29 is 9.26 Å². The van der Waals surface area contributed by atoms with Crippen molar-refractivity contribution >= 4 is 0 Å². The zero-order valence-corrected chi connectivity index (χ0v) is 14.4. The van der Waals surface area contributed by atoms with E-state index >= 15 is 0 Å². The molecule has 0 saturated carbocycles. The summed E-state index contributed by atoms with van der Waals surface area (Å²) in [5, 5.41) is 3.90. The van der Waals surface area contributed by atoms with Gasteiger partial charge >= 0.3 is 0 Å². The maximum atomic E-state index is 5.81. The van der Waals surface area contributed by atoms with E-state index in [4.69, 9.17) is 9.26 Å². The number of hydrogen-bond donors (Lipinski definition) is 0. The van der Waals surface area contributed by atoms with Crippen LogP contribution in [0.1, 0.15) is 18.3 Å². The largest absolute Gasteiger partial charge is 0.489 e. The number of imidazole rings is 1. The second-order valence-corrected chi connectivity index (χ2v) is 5.80. The highest BCUT2D eigenvalue weighted by molar-refractivity contribution is 5.47. The van der Waals surface area contributed by atoms with Gasteiger partial charge in [-0.15, -0.1) is 0 Å². The summed E-state index contributed by atoms with van der Waals surface area (Å²) in [6.07, 6.45) is 4.33. The first-order chi connectivity index (χ1) is 12.8. The van der Waals surface area contributed by atoms with Crippen LogP contribution in [0.25, 0.3) is 17.3 Å². The third-order valence-corrected chi connectivity index (χ3v) is 3.97. The zero-order chi connectivity index (χ0) is 17.8. The molecule has 0 atom stereocenters. The monoisotopic (exact) mass is 346 g/mol. The molecule has 26 heavy (non-hydrogen) atoms. The van der Waals surface area contributed by atoms with Gasteiger partial charge in [0.2, 0.25) is 0 Å². The lowest BCUT2D eigenvalue weighted by Gasteiger charge is -2.07. The predicted octanol–water partition coefficient (Wildman–Crippen LogP) is 4.06. The maximum Gasteiger partial charge on any atom is 0.278 e. The fourth-order valence-corrected chi connectivity index (χ4v) is 2.53. The smallest absolute Gasteiger partial charge is 0.278 e. The molecule has 2 aromatic heterocycles. The lowest BCUT2D eigenvalue weighted by atomic mass is 10.2. The molecule has 2 heterocycles. The molecule has 2 aromatic carbocycles. The molecule has 0 bridgehead atoms. The van der Waals surface area contributed by atoms with Crippen molar-refractivity contribution in [2.75, 3.05) is 0 Å². The average molecular weight is 346 g/mol. The Hall–Kier alpha value is -3.41. The van der Waals surface area contributed by atoms with Gasteiger partial charge in [0.05, 0.1) is 0 Å². The second-order valence-electron chi connectivity index (χ2n) is 5.80. The van der Waals surface area contributed by atoms with E-state index < -0.39 is 0 Å². The van der Waals surface area contributed by atoms with Crippen LogP contribution in [0.4, 0.5) is 0 Å². The first-order valence-corrected chi connectivity index (χ1v) is 8.46. The van der Waals surface area contributed by atoms with E-state index in [-0.39, 0.29) is 0 Å². The molecule has 0 saturated heterocycles. The minimum Gasteiger partial charge on any atom is -0.489 e. The Morgan fingerprint density at radius 1 is 1.04 bits per heavy atom. The predicted molar refractivity (Wildman–Crippen MR) is 97.0 cm³/mol. The molecule has 0 amide bonds. The highest BCUT2D eigenvalue weighted by Crippen LogP contribution is 2.20. The molecule has 0 radical (unpaired) electrons. The van der Waals surface area contributed by atoms with Crippen molar-refractivity contribution in [2.45, 2.75) is 20.0 Å². The summed E-state index contributed by atoms with van der Waals surface area (Å²) in [7, 11) is 0. The Labute approximate surface area is 151 Å². The van der Waals surface area contributed by atoms with Crippen LogP contribution in [0.15, 0.2) is 71.6 Å². The molecule has 0 aliphatic heterocycles. The average Bonchev–Trinajstić information content (AvgIpc) is 3.37. The summed E-state index contributed by atoms with van der Waals surface area (Å²) < 4.78 is 13.0. The van der Waals surface area contributed by atoms with Gasteiger partial charge in [0, 0.05) is 18.3 Å². The number of ether oxygens (including phenoxy) is 1. The lowest BCUT2D eigenvalue weighted by molar-refractivity contribution is 0.306. The number of rotatable bonds is 6. The molecule has 6 nitrogen and oxygen atoms in total. The summed E-state index contributed by atoms with van der Waals surface area (Å²) in [6.45, 7) is 2.53. The SMILES string of the molecule is CCc1noc(-c2cn(-c3ccc(OCc4ccccc4)cc3)cn2)n1. The van der Waals surface area contributed by atoms with Crippen LogP contribution in [-0.2, 0) is 13.0 Å². The Kier molecular flexibility index (Phi) is 4.47. The summed E-state index contributed by atoms with van der Waals surface area (Å²) in [5.74, 6) is 1.93. The maximum absolute atomic E-state index is 5.81. The van der Waals surface area contributed by atoms with Gasteiger partial charge in [-0.05, 0) is 29.8 Å². The fourth-order valence-electron chi connectivity index (χ4n) is 2.53. The van der Waals surface area contributed by atoms with Crippen molar-refractivity contribution in [2.24, 2.45) is 0 Å². The van der Waals surface area contributed by atoms with Crippen molar-refractivity contribution in [3.63, 3.8) is 0 Å². The van der Waals surface area contributed by atoms with Gasteiger partial charge in [-0.1, -0.05) is 42.4 Å². The van der Waals surface area contributed by atoms with Crippen molar-refractivity contribution in [1.29, 1.82) is 0 Å². The third kappa shape index (κ3) is 3.49. The van der Waals surface area contributed by atoms with Crippen molar-refractivity contribution in [1.82, 2.24) is 19.7 Å². The van der Waals surface area contributed by atoms with Gasteiger partial charge in [-0.2, -0.15) is 4.98 Å². The van der Waals surface area contributed by atoms with Gasteiger partial charge < -0.3 is 13.8 Å². The molecule has 130 valence electrons. The van der Waals surface area contributed by atoms with Gasteiger partial charge in [-0.3, -0.25) is 0 Å². The van der Waals surface area contributed by atoms with E-state index in [1.54, 1.807) is 6.33 Å². The van der Waals surface area contributed by atoms with Crippen LogP contribution in [0.3, 0.4) is 0 Å². The Bertz CT molecular complexity index is 974. The minimum atomic E-state index is 0.434. The molecular weight excluding hydrogens is 328 g/mol. The van der Waals surface area contributed by atoms with Crippen LogP contribution in [-0.4, -0.2) is 19.7 Å². The summed E-state index contributed by atoms with van der Waals surface area (Å²) in [6, 6.07) is 17.9. The topological polar surface area (TPSA) is 66.0 Å². The van der Waals surface area contributed by atoms with Crippen LogP contribution < -0.4 is 4.74 Å². The molecule has 0 aliphatic carbocycles. The van der Waals surface area contributed by atoms with Crippen LogP contribution >= 0.6 is 0 Å². The van der Waals surface area contributed by atoms with Gasteiger partial charge in [0.1, 0.15) is 24.4 Å². The molecule has 4 rings (SSSR count). The van der Waals surface area contributed by atoms with Crippen molar-refractivity contribution in [3.8, 4) is 23.0 Å².